The average Bonchev–Trinajstić information content (AvgIpc) is 3.44. The van der Waals surface area contributed by atoms with E-state index < -0.39 is 10.0 Å². The van der Waals surface area contributed by atoms with E-state index in [1.54, 1.807) is 0 Å². The van der Waals surface area contributed by atoms with Crippen LogP contribution >= 0.6 is 10.0 Å². The van der Waals surface area contributed by atoms with E-state index >= 15 is 0 Å². The van der Waals surface area contributed by atoms with Gasteiger partial charge in [0, 0.05) is 47.6 Å². The summed E-state index contributed by atoms with van der Waals surface area (Å²) < 4.78 is 0. The van der Waals surface area contributed by atoms with E-state index in [9.17, 15) is 0 Å². The molecule has 0 amide bonds. The first-order valence-electron chi connectivity index (χ1n) is 17.7. The van der Waals surface area contributed by atoms with Crippen molar-refractivity contribution in [2.45, 2.75) is 45.8 Å². The lowest BCUT2D eigenvalue weighted by atomic mass is 9.42. The second-order valence-electron chi connectivity index (χ2n) is 15.0. The molecule has 0 aliphatic carbocycles. The van der Waals surface area contributed by atoms with Gasteiger partial charge in [-0.25, -0.2) is 0 Å². The minimum absolute atomic E-state index is 0.0336. The Morgan fingerprint density at radius 1 is 0.500 bits per heavy atom. The van der Waals surface area contributed by atoms with Crippen LogP contribution in [0.2, 0.25) is 0 Å². The van der Waals surface area contributed by atoms with Crippen molar-refractivity contribution >= 4 is 56.2 Å². The van der Waals surface area contributed by atoms with Crippen molar-refractivity contribution in [3.8, 4) is 22.3 Å². The predicted molar refractivity (Wildman–Crippen MR) is 210 cm³/mol. The highest BCUT2D eigenvalue weighted by Gasteiger charge is 2.55. The Balaban J connectivity index is 1.26. The maximum atomic E-state index is 2.75. The zero-order valence-electron chi connectivity index (χ0n) is 28.2. The Labute approximate surface area is 295 Å². The molecular formula is C46H33BN2S. The SMILES string of the molecule is Cc1cc2c3c(c1)N1c4ccccc4C(C)(C)c4cccc(c41)B3N1c3ccccc3S3(c4ccccc4-c4ccccc43)c3cccc-2c31. The molecule has 4 heteroatoms. The number of aryl methyl sites for hydroxylation is 1. The van der Waals surface area contributed by atoms with Gasteiger partial charge in [-0.05, 0) is 93.7 Å². The van der Waals surface area contributed by atoms with E-state index in [2.05, 4.69) is 176 Å². The topological polar surface area (TPSA) is 6.48 Å². The maximum absolute atomic E-state index is 2.75. The molecule has 50 heavy (non-hydrogen) atoms. The Morgan fingerprint density at radius 2 is 1.10 bits per heavy atom. The molecule has 7 aromatic carbocycles. The third-order valence-corrected chi connectivity index (χ3v) is 16.2. The molecule has 2 nitrogen and oxygen atoms in total. The van der Waals surface area contributed by atoms with Crippen LogP contribution in [0, 0.1) is 6.92 Å². The third kappa shape index (κ3) is 2.92. The normalized spacial score (nSPS) is 17.1. The van der Waals surface area contributed by atoms with Crippen LogP contribution in [-0.4, -0.2) is 6.85 Å². The molecule has 0 saturated carbocycles. The number of para-hydroxylation sites is 4. The van der Waals surface area contributed by atoms with Gasteiger partial charge in [-0.2, -0.15) is 0 Å². The molecule has 5 aliphatic heterocycles. The van der Waals surface area contributed by atoms with Crippen molar-refractivity contribution in [2.24, 2.45) is 0 Å². The van der Waals surface area contributed by atoms with Crippen LogP contribution < -0.4 is 20.6 Å². The van der Waals surface area contributed by atoms with Crippen LogP contribution in [0.25, 0.3) is 22.3 Å². The van der Waals surface area contributed by atoms with E-state index in [1.165, 1.54) is 97.9 Å². The molecule has 0 saturated heterocycles. The van der Waals surface area contributed by atoms with E-state index in [0.29, 0.717) is 0 Å². The molecule has 7 aromatic rings. The van der Waals surface area contributed by atoms with Gasteiger partial charge in [-0.15, -0.1) is 10.0 Å². The standard InChI is InChI=1S/C46H33BN2S/c1-28-26-32-31-16-12-25-42-44(31)49(37-21-8-11-24-41(37)50(42)39-22-9-4-14-29(39)30-15-5-10-23-40(30)50)47-35-19-13-18-34-45(35)48(38(27-28)43(32)47)36-20-7-6-17-33(36)46(34,2)3/h4-27H,1-3H3. The number of nitrogens with zero attached hydrogens (tertiary/aromatic N) is 2. The van der Waals surface area contributed by atoms with E-state index in [4.69, 9.17) is 0 Å². The molecular weight excluding hydrogens is 623 g/mol. The summed E-state index contributed by atoms with van der Waals surface area (Å²) in [6, 6.07) is 56.1. The predicted octanol–water partition coefficient (Wildman–Crippen LogP) is 11.0. The molecule has 0 atom stereocenters. The summed E-state index contributed by atoms with van der Waals surface area (Å²) in [4.78, 5) is 11.2. The number of rotatable bonds is 0. The van der Waals surface area contributed by atoms with Crippen molar-refractivity contribution in [2.75, 3.05) is 9.71 Å². The van der Waals surface area contributed by atoms with Crippen LogP contribution in [0.3, 0.4) is 0 Å². The van der Waals surface area contributed by atoms with Crippen LogP contribution in [0.5, 0.6) is 0 Å². The average molecular weight is 657 g/mol. The summed E-state index contributed by atoms with van der Waals surface area (Å²) >= 11 is 0. The number of benzene rings is 7. The van der Waals surface area contributed by atoms with Gasteiger partial charge in [0.2, 0.25) is 0 Å². The van der Waals surface area contributed by atoms with Crippen molar-refractivity contribution in [3.63, 3.8) is 0 Å². The first-order valence-corrected chi connectivity index (χ1v) is 19.4. The van der Waals surface area contributed by atoms with Gasteiger partial charge >= 0.3 is 6.85 Å². The van der Waals surface area contributed by atoms with Gasteiger partial charge < -0.3 is 9.71 Å². The Bertz CT molecular complexity index is 2650. The summed E-state index contributed by atoms with van der Waals surface area (Å²) in [7, 11) is -1.77. The largest absolute Gasteiger partial charge is 0.375 e. The molecule has 0 bridgehead atoms. The monoisotopic (exact) mass is 656 g/mol. The van der Waals surface area contributed by atoms with Crippen LogP contribution in [0.15, 0.2) is 165 Å². The van der Waals surface area contributed by atoms with Gasteiger partial charge in [0.05, 0.1) is 11.4 Å². The second-order valence-corrected chi connectivity index (χ2v) is 17.9. The summed E-state index contributed by atoms with van der Waals surface area (Å²) in [6.07, 6.45) is 0. The van der Waals surface area contributed by atoms with Crippen LogP contribution in [0.4, 0.5) is 28.4 Å². The van der Waals surface area contributed by atoms with Gasteiger partial charge in [0.15, 0.2) is 0 Å². The number of hydrogen-bond donors (Lipinski definition) is 0. The number of anilines is 5. The van der Waals surface area contributed by atoms with E-state index in [1.807, 2.05) is 0 Å². The van der Waals surface area contributed by atoms with Crippen molar-refractivity contribution in [1.82, 2.24) is 0 Å². The molecule has 5 heterocycles. The number of fused-ring (bicyclic) bond motifs is 15. The lowest BCUT2D eigenvalue weighted by Crippen LogP contribution is -2.63. The fourth-order valence-corrected chi connectivity index (χ4v) is 14.9. The molecule has 1 spiro atoms. The first-order chi connectivity index (χ1) is 24.5. The minimum atomic E-state index is -1.77. The lowest BCUT2D eigenvalue weighted by Gasteiger charge is -2.55. The highest BCUT2D eigenvalue weighted by molar-refractivity contribution is 8.34. The van der Waals surface area contributed by atoms with Gasteiger partial charge in [0.25, 0.3) is 0 Å². The van der Waals surface area contributed by atoms with Gasteiger partial charge in [0.1, 0.15) is 0 Å². The van der Waals surface area contributed by atoms with Gasteiger partial charge in [-0.1, -0.05) is 117 Å². The maximum Gasteiger partial charge on any atom is 0.333 e. The summed E-state index contributed by atoms with van der Waals surface area (Å²) in [5.74, 6) is 0. The third-order valence-electron chi connectivity index (χ3n) is 12.2. The minimum Gasteiger partial charge on any atom is -0.375 e. The Hall–Kier alpha value is -5.45. The first kappa shape index (κ1) is 27.4. The Kier molecular flexibility index (Phi) is 4.94. The zero-order chi connectivity index (χ0) is 33.1. The highest BCUT2D eigenvalue weighted by atomic mass is 32.3. The lowest BCUT2D eigenvalue weighted by molar-refractivity contribution is 0.632. The molecule has 12 rings (SSSR count). The van der Waals surface area contributed by atoms with Crippen molar-refractivity contribution in [1.29, 1.82) is 0 Å². The molecule has 0 fully saturated rings. The quantitative estimate of drug-likeness (QED) is 0.150. The summed E-state index contributed by atoms with van der Waals surface area (Å²) in [5.41, 5.74) is 18.9. The highest BCUT2D eigenvalue weighted by Crippen LogP contribution is 2.84. The second kappa shape index (κ2) is 9.01. The number of hydrogen-bond acceptors (Lipinski definition) is 2. The van der Waals surface area contributed by atoms with Crippen LogP contribution in [0.1, 0.15) is 30.5 Å². The van der Waals surface area contributed by atoms with Crippen LogP contribution in [-0.2, 0) is 5.41 Å². The van der Waals surface area contributed by atoms with E-state index in [0.717, 1.165) is 0 Å². The molecule has 0 radical (unpaired) electrons. The zero-order valence-corrected chi connectivity index (χ0v) is 29.1. The van der Waals surface area contributed by atoms with Crippen molar-refractivity contribution < 1.29 is 0 Å². The molecule has 0 aromatic heterocycles. The molecule has 5 aliphatic rings. The summed E-state index contributed by atoms with van der Waals surface area (Å²) in [6.45, 7) is 7.12. The van der Waals surface area contributed by atoms with E-state index in [-0.39, 0.29) is 12.3 Å². The Morgan fingerprint density at radius 3 is 1.88 bits per heavy atom. The van der Waals surface area contributed by atoms with Gasteiger partial charge in [-0.3, -0.25) is 0 Å². The summed E-state index contributed by atoms with van der Waals surface area (Å²) in [5, 5.41) is 0. The fourth-order valence-electron chi connectivity index (χ4n) is 10.3. The molecule has 236 valence electrons. The fraction of sp³-hybridized carbons (Fsp3) is 0.0870. The molecule has 0 unspecified atom stereocenters. The molecule has 0 N–H and O–H groups in total. The smallest absolute Gasteiger partial charge is 0.333 e. The van der Waals surface area contributed by atoms with Crippen molar-refractivity contribution in [3.05, 3.63) is 162 Å².